The van der Waals surface area contributed by atoms with Gasteiger partial charge in [0.15, 0.2) is 0 Å². The van der Waals surface area contributed by atoms with Gasteiger partial charge in [-0.1, -0.05) is 0 Å². The van der Waals surface area contributed by atoms with E-state index >= 15 is 0 Å². The summed E-state index contributed by atoms with van der Waals surface area (Å²) in [5, 5.41) is 14.4. The van der Waals surface area contributed by atoms with Crippen molar-refractivity contribution in [1.82, 2.24) is 18.5 Å². The minimum Gasteiger partial charge on any atom is -0.386 e. The number of halogens is 1. The zero-order valence-corrected chi connectivity index (χ0v) is 12.0. The van der Waals surface area contributed by atoms with Crippen LogP contribution in [0.1, 0.15) is 30.1 Å². The number of aromatic nitrogens is 4. The first-order valence-electron chi connectivity index (χ1n) is 5.30. The smallest absolute Gasteiger partial charge is 0.104 e. The number of aryl methyl sites for hydroxylation is 2. The number of rotatable bonds is 4. The maximum absolute atomic E-state index is 10.1. The first-order chi connectivity index (χ1) is 8.13. The van der Waals surface area contributed by atoms with Gasteiger partial charge in [0.05, 0.1) is 33.8 Å². The van der Waals surface area contributed by atoms with E-state index in [2.05, 4.69) is 29.8 Å². The third-order valence-corrected chi connectivity index (χ3v) is 4.08. The van der Waals surface area contributed by atoms with Crippen molar-refractivity contribution >= 4 is 27.7 Å². The molecule has 92 valence electrons. The number of hydrogen-bond donors (Lipinski definition) is 1. The zero-order valence-electron chi connectivity index (χ0n) is 9.59. The van der Waals surface area contributed by atoms with Crippen molar-refractivity contribution in [3.8, 4) is 0 Å². The van der Waals surface area contributed by atoms with Gasteiger partial charge in [-0.2, -0.15) is 13.8 Å². The Bertz CT molecular complexity index is 497. The largest absolute Gasteiger partial charge is 0.386 e. The number of aliphatic hydroxyl groups excluding tert-OH is 1. The minimum atomic E-state index is -0.633. The second-order valence-corrected chi connectivity index (χ2v) is 5.06. The highest BCUT2D eigenvalue weighted by Crippen LogP contribution is 2.25. The number of aliphatic hydroxyl groups is 1. The van der Waals surface area contributed by atoms with Crippen LogP contribution in [0.15, 0.2) is 10.7 Å². The molecule has 1 unspecified atom stereocenters. The van der Waals surface area contributed by atoms with E-state index in [1.807, 2.05) is 18.5 Å². The molecule has 2 heterocycles. The summed E-state index contributed by atoms with van der Waals surface area (Å²) >= 11 is 4.61. The minimum absolute atomic E-state index is 0.487. The van der Waals surface area contributed by atoms with Crippen LogP contribution in [0.3, 0.4) is 0 Å². The van der Waals surface area contributed by atoms with Gasteiger partial charge in [-0.05, 0) is 29.8 Å². The molecule has 2 aromatic heterocycles. The summed E-state index contributed by atoms with van der Waals surface area (Å²) in [5.41, 5.74) is 2.54. The molecule has 2 aromatic rings. The quantitative estimate of drug-likeness (QED) is 0.938. The lowest BCUT2D eigenvalue weighted by atomic mass is 10.1. The van der Waals surface area contributed by atoms with Crippen molar-refractivity contribution in [2.75, 3.05) is 0 Å². The summed E-state index contributed by atoms with van der Waals surface area (Å²) < 4.78 is 10.8. The molecule has 0 spiro atoms. The normalized spacial score (nSPS) is 12.9. The van der Waals surface area contributed by atoms with Gasteiger partial charge in [-0.15, -0.1) is 0 Å². The standard InChI is InChI=1S/C10H13BrN4OS/c1-3-15-8(10(11)6(2)13-15)4-9(16)7-5-12-17-14-7/h5,9,16H,3-4H2,1-2H3. The summed E-state index contributed by atoms with van der Waals surface area (Å²) in [6.45, 7) is 4.75. The van der Waals surface area contributed by atoms with Gasteiger partial charge in [-0.25, -0.2) is 0 Å². The molecule has 17 heavy (non-hydrogen) atoms. The molecule has 0 aliphatic carbocycles. The fourth-order valence-electron chi connectivity index (χ4n) is 1.67. The Morgan fingerprint density at radius 1 is 1.59 bits per heavy atom. The molecular weight excluding hydrogens is 304 g/mol. The van der Waals surface area contributed by atoms with Crippen LogP contribution in [-0.4, -0.2) is 23.6 Å². The van der Waals surface area contributed by atoms with E-state index in [-0.39, 0.29) is 0 Å². The highest BCUT2D eigenvalue weighted by molar-refractivity contribution is 9.10. The fraction of sp³-hybridized carbons (Fsp3) is 0.500. The van der Waals surface area contributed by atoms with Gasteiger partial charge < -0.3 is 5.11 Å². The van der Waals surface area contributed by atoms with E-state index in [1.54, 1.807) is 6.20 Å². The topological polar surface area (TPSA) is 63.8 Å². The van der Waals surface area contributed by atoms with Gasteiger partial charge in [0.2, 0.25) is 0 Å². The molecule has 0 saturated heterocycles. The van der Waals surface area contributed by atoms with E-state index in [0.717, 1.165) is 34.1 Å². The van der Waals surface area contributed by atoms with E-state index in [9.17, 15) is 5.11 Å². The molecule has 0 bridgehead atoms. The first kappa shape index (κ1) is 12.7. The SMILES string of the molecule is CCn1nc(C)c(Br)c1CC(O)c1cnsn1. The Kier molecular flexibility index (Phi) is 3.90. The molecule has 0 radical (unpaired) electrons. The molecule has 0 saturated carbocycles. The van der Waals surface area contributed by atoms with Gasteiger partial charge in [-0.3, -0.25) is 4.68 Å². The monoisotopic (exact) mass is 316 g/mol. The highest BCUT2D eigenvalue weighted by Gasteiger charge is 2.18. The Morgan fingerprint density at radius 3 is 2.94 bits per heavy atom. The van der Waals surface area contributed by atoms with Gasteiger partial charge in [0, 0.05) is 13.0 Å². The zero-order chi connectivity index (χ0) is 12.4. The van der Waals surface area contributed by atoms with Crippen molar-refractivity contribution in [2.24, 2.45) is 0 Å². The maximum Gasteiger partial charge on any atom is 0.104 e. The number of nitrogens with zero attached hydrogens (tertiary/aromatic N) is 4. The van der Waals surface area contributed by atoms with Crippen molar-refractivity contribution in [1.29, 1.82) is 0 Å². The molecule has 1 N–H and O–H groups in total. The average Bonchev–Trinajstić information content (AvgIpc) is 2.92. The molecule has 0 aliphatic heterocycles. The van der Waals surface area contributed by atoms with Crippen LogP contribution < -0.4 is 0 Å². The van der Waals surface area contributed by atoms with E-state index in [0.29, 0.717) is 12.1 Å². The molecule has 1 atom stereocenters. The molecule has 0 aromatic carbocycles. The second kappa shape index (κ2) is 5.24. The van der Waals surface area contributed by atoms with Crippen LogP contribution in [0, 0.1) is 6.92 Å². The third-order valence-electron chi connectivity index (χ3n) is 2.56. The van der Waals surface area contributed by atoms with Crippen molar-refractivity contribution in [3.05, 3.63) is 27.8 Å². The second-order valence-electron chi connectivity index (χ2n) is 3.71. The van der Waals surface area contributed by atoms with E-state index < -0.39 is 6.10 Å². The summed E-state index contributed by atoms with van der Waals surface area (Å²) in [5.74, 6) is 0. The lowest BCUT2D eigenvalue weighted by molar-refractivity contribution is 0.171. The summed E-state index contributed by atoms with van der Waals surface area (Å²) in [4.78, 5) is 0. The van der Waals surface area contributed by atoms with Crippen molar-refractivity contribution < 1.29 is 5.11 Å². The lowest BCUT2D eigenvalue weighted by Gasteiger charge is -2.09. The Hall–Kier alpha value is -0.790. The molecule has 5 nitrogen and oxygen atoms in total. The molecule has 7 heteroatoms. The molecule has 0 aliphatic rings. The molecular formula is C10H13BrN4OS. The molecule has 0 amide bonds. The van der Waals surface area contributed by atoms with Crippen LogP contribution in [0.25, 0.3) is 0 Å². The van der Waals surface area contributed by atoms with Crippen LogP contribution in [0.2, 0.25) is 0 Å². The summed E-state index contributed by atoms with van der Waals surface area (Å²) in [6, 6.07) is 0. The predicted molar refractivity (Wildman–Crippen MR) is 68.9 cm³/mol. The Balaban J connectivity index is 2.24. The fourth-order valence-corrected chi connectivity index (χ4v) is 2.58. The third kappa shape index (κ3) is 2.56. The van der Waals surface area contributed by atoms with E-state index in [4.69, 9.17) is 0 Å². The van der Waals surface area contributed by atoms with E-state index in [1.165, 1.54) is 0 Å². The first-order valence-corrected chi connectivity index (χ1v) is 6.83. The predicted octanol–water partition coefficient (Wildman–Crippen LogP) is 2.10. The van der Waals surface area contributed by atoms with Crippen molar-refractivity contribution in [2.45, 2.75) is 32.9 Å². The van der Waals surface area contributed by atoms with Crippen LogP contribution >= 0.6 is 27.7 Å². The van der Waals surface area contributed by atoms with Crippen LogP contribution in [0.5, 0.6) is 0 Å². The van der Waals surface area contributed by atoms with Gasteiger partial charge >= 0.3 is 0 Å². The highest BCUT2D eigenvalue weighted by atomic mass is 79.9. The Labute approximate surface area is 112 Å². The van der Waals surface area contributed by atoms with Crippen molar-refractivity contribution in [3.63, 3.8) is 0 Å². The summed E-state index contributed by atoms with van der Waals surface area (Å²) in [7, 11) is 0. The molecule has 2 rings (SSSR count). The lowest BCUT2D eigenvalue weighted by Crippen LogP contribution is -2.09. The van der Waals surface area contributed by atoms with Crippen LogP contribution in [0.4, 0.5) is 0 Å². The van der Waals surface area contributed by atoms with Gasteiger partial charge in [0.1, 0.15) is 11.8 Å². The summed E-state index contributed by atoms with van der Waals surface area (Å²) in [6.07, 6.45) is 1.45. The Morgan fingerprint density at radius 2 is 2.35 bits per heavy atom. The van der Waals surface area contributed by atoms with Gasteiger partial charge in [0.25, 0.3) is 0 Å². The average molecular weight is 317 g/mol. The van der Waals surface area contributed by atoms with Crippen LogP contribution in [-0.2, 0) is 13.0 Å². The number of hydrogen-bond acceptors (Lipinski definition) is 5. The maximum atomic E-state index is 10.1. The molecule has 0 fully saturated rings.